The molecule has 0 saturated carbocycles. The van der Waals surface area contributed by atoms with E-state index in [0.29, 0.717) is 0 Å². The lowest BCUT2D eigenvalue weighted by atomic mass is 10.0. The van der Waals surface area contributed by atoms with E-state index in [1.165, 1.54) is 70.6 Å². The molecular weight excluding hydrogens is 353 g/mol. The van der Waals surface area contributed by atoms with Crippen molar-refractivity contribution in [3.8, 4) is 0 Å². The van der Waals surface area contributed by atoms with Gasteiger partial charge in [-0.2, -0.15) is 25.3 Å². The maximum atomic E-state index is 4.51. The third-order valence-corrected chi connectivity index (χ3v) is 7.24. The Labute approximate surface area is 160 Å². The molecule has 21 heavy (non-hydrogen) atoms. The summed E-state index contributed by atoms with van der Waals surface area (Å²) in [6.07, 6.45) is 17.1. The van der Waals surface area contributed by atoms with E-state index >= 15 is 0 Å². The van der Waals surface area contributed by atoms with Crippen LogP contribution in [0.3, 0.4) is 0 Å². The minimum absolute atomic E-state index is 0.541. The van der Waals surface area contributed by atoms with Gasteiger partial charge in [-0.15, -0.1) is 37.9 Å². The van der Waals surface area contributed by atoms with Gasteiger partial charge in [0.25, 0.3) is 0 Å². The molecule has 0 radical (unpaired) electrons. The second-order valence-corrected chi connectivity index (χ2v) is 11.0. The van der Waals surface area contributed by atoms with Crippen molar-refractivity contribution >= 4 is 63.1 Å². The lowest BCUT2D eigenvalue weighted by Gasteiger charge is -2.33. The van der Waals surface area contributed by atoms with Crippen molar-refractivity contribution in [3.63, 3.8) is 0 Å². The van der Waals surface area contributed by atoms with E-state index in [1.54, 1.807) is 0 Å². The molecule has 0 aliphatic heterocycles. The van der Waals surface area contributed by atoms with Gasteiger partial charge in [-0.1, -0.05) is 84.0 Å². The molecule has 0 rings (SSSR count). The van der Waals surface area contributed by atoms with Gasteiger partial charge in [0.05, 0.1) is 4.08 Å². The summed E-state index contributed by atoms with van der Waals surface area (Å²) in [4.78, 5) is 0. The summed E-state index contributed by atoms with van der Waals surface area (Å²) >= 11 is 22.0. The smallest absolute Gasteiger partial charge is 0.122 e. The first-order chi connectivity index (χ1) is 9.81. The van der Waals surface area contributed by atoms with Gasteiger partial charge in [0, 0.05) is 0 Å². The van der Waals surface area contributed by atoms with Crippen molar-refractivity contribution in [1.82, 2.24) is 0 Å². The molecular formula is C16H34S5. The van der Waals surface area contributed by atoms with E-state index in [-0.39, 0.29) is 0 Å². The van der Waals surface area contributed by atoms with Gasteiger partial charge < -0.3 is 0 Å². The maximum Gasteiger partial charge on any atom is 0.122 e. The van der Waals surface area contributed by atoms with Gasteiger partial charge in [0.1, 0.15) is 3.41 Å². The molecule has 0 heterocycles. The van der Waals surface area contributed by atoms with Crippen molar-refractivity contribution in [2.24, 2.45) is 0 Å². The summed E-state index contributed by atoms with van der Waals surface area (Å²) in [7, 11) is 0. The van der Waals surface area contributed by atoms with Crippen LogP contribution in [-0.2, 0) is 0 Å². The highest BCUT2D eigenvalue weighted by molar-refractivity contribution is 8.20. The zero-order chi connectivity index (χ0) is 16.2. The largest absolute Gasteiger partial charge is 0.159 e. The Kier molecular flexibility index (Phi) is 14.2. The van der Waals surface area contributed by atoms with Crippen LogP contribution in [0.25, 0.3) is 0 Å². The molecule has 0 aliphatic carbocycles. The molecule has 0 aliphatic rings. The molecule has 0 spiro atoms. The van der Waals surface area contributed by atoms with E-state index in [0.717, 1.165) is 12.8 Å². The first kappa shape index (κ1) is 22.8. The minimum atomic E-state index is -0.753. The van der Waals surface area contributed by atoms with Gasteiger partial charge in [-0.3, -0.25) is 0 Å². The molecule has 0 aromatic carbocycles. The third-order valence-electron chi connectivity index (χ3n) is 3.92. The molecule has 0 aromatic heterocycles. The lowest BCUT2D eigenvalue weighted by Crippen LogP contribution is -2.31. The number of hydrogen-bond donors (Lipinski definition) is 5. The SMILES string of the molecule is CCCCCCCCCCCCCCC(S)(S)C(S)(S)S. The first-order valence-electron chi connectivity index (χ1n) is 8.43. The number of thiol groups is 5. The summed E-state index contributed by atoms with van der Waals surface area (Å²) < 4.78 is -1.29. The Hall–Kier alpha value is 1.75. The number of unbranched alkanes of at least 4 members (excludes halogenated alkanes) is 11. The van der Waals surface area contributed by atoms with E-state index in [1.807, 2.05) is 0 Å². The fourth-order valence-electron chi connectivity index (χ4n) is 2.38. The Bertz CT molecular complexity index is 235. The Balaban J connectivity index is 3.30. The van der Waals surface area contributed by atoms with Crippen LogP contribution in [-0.4, -0.2) is 7.49 Å². The van der Waals surface area contributed by atoms with Crippen LogP contribution in [0.2, 0.25) is 0 Å². The Morgan fingerprint density at radius 3 is 1.19 bits per heavy atom. The molecule has 0 unspecified atom stereocenters. The first-order valence-corrected chi connectivity index (χ1v) is 10.7. The Morgan fingerprint density at radius 1 is 0.524 bits per heavy atom. The molecule has 128 valence electrons. The van der Waals surface area contributed by atoms with Gasteiger partial charge in [-0.25, -0.2) is 0 Å². The van der Waals surface area contributed by atoms with Crippen molar-refractivity contribution in [2.75, 3.05) is 0 Å². The summed E-state index contributed by atoms with van der Waals surface area (Å²) in [6, 6.07) is 0. The zero-order valence-corrected chi connectivity index (χ0v) is 17.9. The zero-order valence-electron chi connectivity index (χ0n) is 13.4. The van der Waals surface area contributed by atoms with Crippen LogP contribution in [0, 0.1) is 0 Å². The van der Waals surface area contributed by atoms with Crippen LogP contribution in [0.4, 0.5) is 0 Å². The molecule has 0 fully saturated rings. The fourth-order valence-corrected chi connectivity index (χ4v) is 3.03. The van der Waals surface area contributed by atoms with Crippen LogP contribution in [0.5, 0.6) is 0 Å². The van der Waals surface area contributed by atoms with Crippen LogP contribution in [0.15, 0.2) is 0 Å². The van der Waals surface area contributed by atoms with Crippen LogP contribution in [0.1, 0.15) is 90.4 Å². The predicted molar refractivity (Wildman–Crippen MR) is 116 cm³/mol. The number of rotatable bonds is 14. The highest BCUT2D eigenvalue weighted by Gasteiger charge is 2.37. The lowest BCUT2D eigenvalue weighted by molar-refractivity contribution is 0.536. The summed E-state index contributed by atoms with van der Waals surface area (Å²) in [6.45, 7) is 2.27. The van der Waals surface area contributed by atoms with E-state index < -0.39 is 7.49 Å². The average Bonchev–Trinajstić information content (AvgIpc) is 2.38. The predicted octanol–water partition coefficient (Wildman–Crippen LogP) is 7.08. The van der Waals surface area contributed by atoms with Gasteiger partial charge in [0.15, 0.2) is 0 Å². The van der Waals surface area contributed by atoms with E-state index in [9.17, 15) is 0 Å². The number of hydrogen-bond acceptors (Lipinski definition) is 5. The van der Waals surface area contributed by atoms with Crippen LogP contribution < -0.4 is 0 Å². The minimum Gasteiger partial charge on any atom is -0.159 e. The third kappa shape index (κ3) is 12.8. The van der Waals surface area contributed by atoms with Crippen molar-refractivity contribution in [2.45, 2.75) is 97.9 Å². The molecule has 5 heteroatoms. The molecule has 0 saturated heterocycles. The highest BCUT2D eigenvalue weighted by atomic mass is 32.2. The van der Waals surface area contributed by atoms with Gasteiger partial charge in [0.2, 0.25) is 0 Å². The second-order valence-electron chi connectivity index (χ2n) is 6.09. The normalized spacial score (nSPS) is 12.9. The van der Waals surface area contributed by atoms with Crippen molar-refractivity contribution < 1.29 is 0 Å². The molecule has 0 aromatic rings. The molecule has 0 atom stereocenters. The van der Waals surface area contributed by atoms with Crippen LogP contribution >= 0.6 is 63.1 Å². The van der Waals surface area contributed by atoms with Crippen molar-refractivity contribution in [3.05, 3.63) is 0 Å². The standard InChI is InChI=1S/C16H34S5/c1-2-3-4-5-6-7-8-9-10-11-12-13-14-15(17,18)16(19,20)21/h17-21H,2-14H2,1H3. The second kappa shape index (κ2) is 13.1. The monoisotopic (exact) mass is 386 g/mol. The summed E-state index contributed by atoms with van der Waals surface area (Å²) in [5, 5.41) is 0. The molecule has 0 amide bonds. The Morgan fingerprint density at radius 2 is 0.857 bits per heavy atom. The fraction of sp³-hybridized carbons (Fsp3) is 1.00. The summed E-state index contributed by atoms with van der Waals surface area (Å²) in [5.74, 6) is 0. The topological polar surface area (TPSA) is 0 Å². The average molecular weight is 387 g/mol. The molecule has 0 N–H and O–H groups in total. The molecule has 0 nitrogen and oxygen atoms in total. The van der Waals surface area contributed by atoms with E-state index in [4.69, 9.17) is 0 Å². The maximum absolute atomic E-state index is 4.51. The summed E-state index contributed by atoms with van der Waals surface area (Å²) in [5.41, 5.74) is 0. The highest BCUT2D eigenvalue weighted by Crippen LogP contribution is 2.47. The van der Waals surface area contributed by atoms with E-state index in [2.05, 4.69) is 70.1 Å². The quantitative estimate of drug-likeness (QED) is 0.118. The van der Waals surface area contributed by atoms with Crippen molar-refractivity contribution in [1.29, 1.82) is 0 Å². The van der Waals surface area contributed by atoms with Gasteiger partial charge in [-0.05, 0) is 6.42 Å². The molecule has 0 bridgehead atoms. The van der Waals surface area contributed by atoms with Gasteiger partial charge >= 0.3 is 0 Å².